The number of carbonyl (C=O) groups excluding carboxylic acids is 1. The number of ether oxygens (including phenoxy) is 2. The van der Waals surface area contributed by atoms with Gasteiger partial charge in [-0.05, 0) is 19.1 Å². The molecule has 7 heteroatoms. The van der Waals surface area contributed by atoms with Crippen molar-refractivity contribution in [2.24, 2.45) is 0 Å². The van der Waals surface area contributed by atoms with E-state index in [4.69, 9.17) is 4.74 Å². The Morgan fingerprint density at radius 2 is 2.00 bits per heavy atom. The number of methoxy groups -OCH3 is 1. The smallest absolute Gasteiger partial charge is 0.493 e. The van der Waals surface area contributed by atoms with Crippen molar-refractivity contribution in [3.8, 4) is 11.5 Å². The van der Waals surface area contributed by atoms with Crippen LogP contribution < -0.4 is 9.47 Å². The normalized spacial score (nSPS) is 13.0. The van der Waals surface area contributed by atoms with Crippen LogP contribution >= 0.6 is 15.9 Å². The van der Waals surface area contributed by atoms with Gasteiger partial charge in [0.15, 0.2) is 17.3 Å². The van der Waals surface area contributed by atoms with Gasteiger partial charge in [-0.1, -0.05) is 22.0 Å². The number of ketones is 1. The summed E-state index contributed by atoms with van der Waals surface area (Å²) in [4.78, 5) is 11.1. The number of hydrogen-bond donors (Lipinski definition) is 0. The highest BCUT2D eigenvalue weighted by molar-refractivity contribution is 9.10. The molecule has 0 fully saturated rings. The molecule has 1 unspecified atom stereocenters. The SMILES string of the molecule is COc1cccc(C(=O)C(C)Br)c1OC(F)(F)F. The quantitative estimate of drug-likeness (QED) is 0.627. The predicted molar refractivity (Wildman–Crippen MR) is 62.4 cm³/mol. The lowest BCUT2D eigenvalue weighted by Crippen LogP contribution is -2.21. The molecule has 0 spiro atoms. The van der Waals surface area contributed by atoms with Crippen molar-refractivity contribution in [1.82, 2.24) is 0 Å². The van der Waals surface area contributed by atoms with Gasteiger partial charge in [-0.15, -0.1) is 13.2 Å². The number of para-hydroxylation sites is 1. The van der Waals surface area contributed by atoms with Crippen LogP contribution in [-0.2, 0) is 0 Å². The number of hydrogen-bond acceptors (Lipinski definition) is 3. The molecule has 0 saturated carbocycles. The number of benzene rings is 1. The summed E-state index contributed by atoms with van der Waals surface area (Å²) in [6.45, 7) is 1.51. The lowest BCUT2D eigenvalue weighted by molar-refractivity contribution is -0.275. The van der Waals surface area contributed by atoms with Crippen molar-refractivity contribution in [3.63, 3.8) is 0 Å². The standard InChI is InChI=1S/C11H10BrF3O3/c1-6(12)9(16)7-4-3-5-8(17-2)10(7)18-11(13,14)15/h3-6H,1-2H3. The third-order valence-corrected chi connectivity index (χ3v) is 2.46. The summed E-state index contributed by atoms with van der Waals surface area (Å²) in [6, 6.07) is 3.96. The molecule has 0 N–H and O–H groups in total. The summed E-state index contributed by atoms with van der Waals surface area (Å²) >= 11 is 3.01. The van der Waals surface area contributed by atoms with Crippen LogP contribution in [0.2, 0.25) is 0 Å². The van der Waals surface area contributed by atoms with Crippen LogP contribution in [0.25, 0.3) is 0 Å². The Hall–Kier alpha value is -1.24. The minimum Gasteiger partial charge on any atom is -0.493 e. The zero-order valence-electron chi connectivity index (χ0n) is 9.55. The predicted octanol–water partition coefficient (Wildman–Crippen LogP) is 3.56. The molecule has 0 amide bonds. The number of carbonyl (C=O) groups is 1. The van der Waals surface area contributed by atoms with E-state index in [0.717, 1.165) is 0 Å². The van der Waals surface area contributed by atoms with Crippen molar-refractivity contribution in [3.05, 3.63) is 23.8 Å². The van der Waals surface area contributed by atoms with Gasteiger partial charge in [-0.2, -0.15) is 0 Å². The minimum absolute atomic E-state index is 0.147. The summed E-state index contributed by atoms with van der Waals surface area (Å²) < 4.78 is 45.5. The zero-order valence-corrected chi connectivity index (χ0v) is 11.1. The third-order valence-electron chi connectivity index (χ3n) is 2.04. The molecule has 0 saturated heterocycles. The van der Waals surface area contributed by atoms with E-state index in [2.05, 4.69) is 20.7 Å². The molecule has 1 aromatic rings. The molecule has 0 bridgehead atoms. The highest BCUT2D eigenvalue weighted by atomic mass is 79.9. The van der Waals surface area contributed by atoms with Crippen LogP contribution in [0.5, 0.6) is 11.5 Å². The molecular weight excluding hydrogens is 317 g/mol. The van der Waals surface area contributed by atoms with Gasteiger partial charge in [0.1, 0.15) is 0 Å². The molecule has 0 radical (unpaired) electrons. The van der Waals surface area contributed by atoms with Gasteiger partial charge in [0.2, 0.25) is 0 Å². The first-order chi connectivity index (χ1) is 8.26. The fourth-order valence-corrected chi connectivity index (χ4v) is 1.55. The molecule has 3 nitrogen and oxygen atoms in total. The van der Waals surface area contributed by atoms with E-state index < -0.39 is 22.7 Å². The number of halogens is 4. The van der Waals surface area contributed by atoms with Crippen molar-refractivity contribution >= 4 is 21.7 Å². The molecule has 0 aliphatic heterocycles. The van der Waals surface area contributed by atoms with Gasteiger partial charge in [0.25, 0.3) is 0 Å². The highest BCUT2D eigenvalue weighted by Gasteiger charge is 2.35. The van der Waals surface area contributed by atoms with Crippen LogP contribution in [0.3, 0.4) is 0 Å². The van der Waals surface area contributed by atoms with Gasteiger partial charge in [-0.25, -0.2) is 0 Å². The second-order valence-corrected chi connectivity index (χ2v) is 4.74. The first kappa shape index (κ1) is 14.8. The maximum Gasteiger partial charge on any atom is 0.573 e. The monoisotopic (exact) mass is 326 g/mol. The molecule has 18 heavy (non-hydrogen) atoms. The molecule has 0 aromatic heterocycles. The van der Waals surface area contributed by atoms with Gasteiger partial charge in [0, 0.05) is 0 Å². The molecule has 1 rings (SSSR count). The molecule has 1 aromatic carbocycles. The second kappa shape index (κ2) is 5.60. The Morgan fingerprint density at radius 3 is 2.44 bits per heavy atom. The fourth-order valence-electron chi connectivity index (χ4n) is 1.31. The average molecular weight is 327 g/mol. The lowest BCUT2D eigenvalue weighted by Gasteiger charge is -2.16. The van der Waals surface area contributed by atoms with Crippen molar-refractivity contribution in [2.75, 3.05) is 7.11 Å². The maximum absolute atomic E-state index is 12.3. The molecule has 0 heterocycles. The molecule has 1 atom stereocenters. The van der Waals surface area contributed by atoms with Crippen LogP contribution in [0.1, 0.15) is 17.3 Å². The molecule has 0 aliphatic carbocycles. The molecule has 100 valence electrons. The summed E-state index contributed by atoms with van der Waals surface area (Å²) in [6.07, 6.45) is -4.89. The van der Waals surface area contributed by atoms with E-state index in [1.54, 1.807) is 0 Å². The molecule has 0 aliphatic rings. The Balaban J connectivity index is 3.29. The number of Topliss-reactive ketones (excluding diaryl/α,β-unsaturated/α-hetero) is 1. The van der Waals surface area contributed by atoms with E-state index in [1.165, 1.54) is 32.2 Å². The van der Waals surface area contributed by atoms with Crippen molar-refractivity contribution < 1.29 is 27.4 Å². The van der Waals surface area contributed by atoms with Crippen molar-refractivity contribution in [2.45, 2.75) is 18.1 Å². The topological polar surface area (TPSA) is 35.5 Å². The number of rotatable bonds is 4. The van der Waals surface area contributed by atoms with Crippen molar-refractivity contribution in [1.29, 1.82) is 0 Å². The van der Waals surface area contributed by atoms with Crippen LogP contribution in [0, 0.1) is 0 Å². The van der Waals surface area contributed by atoms with Gasteiger partial charge in [0.05, 0.1) is 17.5 Å². The van der Waals surface area contributed by atoms with Crippen LogP contribution in [-0.4, -0.2) is 24.1 Å². The Bertz CT molecular complexity index is 444. The van der Waals surface area contributed by atoms with E-state index in [1.807, 2.05) is 0 Å². The van der Waals surface area contributed by atoms with E-state index in [9.17, 15) is 18.0 Å². The average Bonchev–Trinajstić information content (AvgIpc) is 2.26. The first-order valence-corrected chi connectivity index (χ1v) is 5.79. The maximum atomic E-state index is 12.3. The molecular formula is C11H10BrF3O3. The first-order valence-electron chi connectivity index (χ1n) is 4.87. The highest BCUT2D eigenvalue weighted by Crippen LogP contribution is 2.36. The Labute approximate surface area is 110 Å². The summed E-state index contributed by atoms with van der Waals surface area (Å²) in [5.74, 6) is -1.29. The van der Waals surface area contributed by atoms with Crippen LogP contribution in [0.4, 0.5) is 13.2 Å². The van der Waals surface area contributed by atoms with E-state index >= 15 is 0 Å². The van der Waals surface area contributed by atoms with Gasteiger partial charge in [-0.3, -0.25) is 4.79 Å². The fraction of sp³-hybridized carbons (Fsp3) is 0.364. The largest absolute Gasteiger partial charge is 0.573 e. The lowest BCUT2D eigenvalue weighted by atomic mass is 10.1. The van der Waals surface area contributed by atoms with Crippen LogP contribution in [0.15, 0.2) is 18.2 Å². The summed E-state index contributed by atoms with van der Waals surface area (Å²) in [7, 11) is 1.20. The summed E-state index contributed by atoms with van der Waals surface area (Å²) in [5.41, 5.74) is -0.184. The third kappa shape index (κ3) is 3.63. The number of alkyl halides is 4. The Morgan fingerprint density at radius 1 is 1.39 bits per heavy atom. The summed E-state index contributed by atoms with van der Waals surface area (Å²) in [5, 5.41) is 0. The minimum atomic E-state index is -4.89. The van der Waals surface area contributed by atoms with Gasteiger partial charge >= 0.3 is 6.36 Å². The van der Waals surface area contributed by atoms with E-state index in [0.29, 0.717) is 0 Å². The second-order valence-electron chi connectivity index (χ2n) is 3.37. The Kier molecular flexibility index (Phi) is 4.61. The van der Waals surface area contributed by atoms with Gasteiger partial charge < -0.3 is 9.47 Å². The van der Waals surface area contributed by atoms with E-state index in [-0.39, 0.29) is 11.3 Å². The zero-order chi connectivity index (χ0) is 13.9.